The Morgan fingerprint density at radius 1 is 0.204 bits per heavy atom. The summed E-state index contributed by atoms with van der Waals surface area (Å²) in [6, 6.07) is 27.1. The third kappa shape index (κ3) is 14.0. The third-order valence-corrected chi connectivity index (χ3v) is 17.9. The monoisotopic (exact) mass is 1530 g/mol. The van der Waals surface area contributed by atoms with Gasteiger partial charge < -0.3 is 9.13 Å². The molecule has 108 heavy (non-hydrogen) atoms. The van der Waals surface area contributed by atoms with Crippen LogP contribution in [0.1, 0.15) is 61.2 Å². The molecule has 2 aromatic heterocycles. The molecule has 550 valence electrons. The van der Waals surface area contributed by atoms with Crippen molar-refractivity contribution in [1.29, 1.82) is 10.5 Å². The molecule has 0 spiro atoms. The lowest BCUT2D eigenvalue weighted by Gasteiger charge is -2.21. The van der Waals surface area contributed by atoms with E-state index in [0.29, 0.717) is 54.6 Å². The van der Waals surface area contributed by atoms with E-state index in [-0.39, 0.29) is 102 Å². The van der Waals surface area contributed by atoms with Gasteiger partial charge in [0.2, 0.25) is 0 Å². The Morgan fingerprint density at radius 2 is 0.435 bits per heavy atom. The SMILES string of the molecule is N#Cc1ccc(-c2ccc(-c3ccc(C#N)cc3C(F)(F)F)cc2-n2c3ccc(-c4cc(C(F)(F)F)cc(C(F)(F)F)c4)cc3c3cc(-c4cc(C(F)(F)F)cc(C(F)(F)F)c4)ccc32)c(-n2c3ccc(-c4cc(C(F)(F)F)cc(C(F)(F)F)c4)cc3c3cc(-c4cc(C(F)(F)F)cc(C(F)(F)F)c4)ccc32)c1. The van der Waals surface area contributed by atoms with Gasteiger partial charge in [0.15, 0.2) is 0 Å². The van der Waals surface area contributed by atoms with Crippen molar-refractivity contribution in [3.63, 3.8) is 0 Å². The van der Waals surface area contributed by atoms with Crippen molar-refractivity contribution in [1.82, 2.24) is 9.13 Å². The standard InChI is InChI=1S/C77H33F27N4/c78-69(79,80)47-17-43(18-48(30-47)70(81,82)83)38-4-11-63-58(25-38)59-26-39(44-19-49(71(84,85)86)31-50(20-44)72(87,88)89)5-12-64(59)107(63)67-16-37(35-106)2-9-56(67)57-10-3-42(55-8-1-36(34-105)15-62(55)77(102,103)104)29-68(57)108-65-13-6-40(45-21-51(73(90,91)92)32-52(22-45)74(93,94)95)27-60(65)61-28-41(7-14-66(61)108)46-23-53(75(96,97)98)33-54(24-46)76(99,100)101/h1-33H. The van der Waals surface area contributed by atoms with Gasteiger partial charge in [0.1, 0.15) is 0 Å². The second kappa shape index (κ2) is 25.4. The highest BCUT2D eigenvalue weighted by Crippen LogP contribution is 2.51. The topological polar surface area (TPSA) is 57.4 Å². The summed E-state index contributed by atoms with van der Waals surface area (Å²) >= 11 is 0. The summed E-state index contributed by atoms with van der Waals surface area (Å²) in [7, 11) is 0. The summed E-state index contributed by atoms with van der Waals surface area (Å²) in [5.74, 6) is 0. The Labute approximate surface area is 587 Å². The number of fused-ring (bicyclic) bond motifs is 6. The highest BCUT2D eigenvalue weighted by molar-refractivity contribution is 6.14. The summed E-state index contributed by atoms with van der Waals surface area (Å²) in [6.07, 6.45) is -48.8. The van der Waals surface area contributed by atoms with E-state index in [4.69, 9.17) is 0 Å². The molecule has 0 bridgehead atoms. The lowest BCUT2D eigenvalue weighted by atomic mass is 9.93. The molecule has 13 aromatic rings. The van der Waals surface area contributed by atoms with Gasteiger partial charge in [-0.15, -0.1) is 0 Å². The van der Waals surface area contributed by atoms with Gasteiger partial charge in [-0.05, 0) is 207 Å². The highest BCUT2D eigenvalue weighted by atomic mass is 19.4. The Bertz CT molecular complexity index is 5550. The Kier molecular flexibility index (Phi) is 17.5. The van der Waals surface area contributed by atoms with Crippen LogP contribution < -0.4 is 0 Å². The zero-order valence-electron chi connectivity index (χ0n) is 53.0. The van der Waals surface area contributed by atoms with Crippen LogP contribution in [-0.4, -0.2) is 9.13 Å². The van der Waals surface area contributed by atoms with Crippen LogP contribution in [-0.2, 0) is 55.6 Å². The van der Waals surface area contributed by atoms with Gasteiger partial charge >= 0.3 is 55.6 Å². The summed E-state index contributed by atoms with van der Waals surface area (Å²) in [5.41, 5.74) is -24.4. The Balaban J connectivity index is 1.16. The van der Waals surface area contributed by atoms with Crippen LogP contribution in [0.5, 0.6) is 0 Å². The summed E-state index contributed by atoms with van der Waals surface area (Å²) in [4.78, 5) is 0. The molecular formula is C77H33F27N4. The van der Waals surface area contributed by atoms with Gasteiger partial charge in [-0.25, -0.2) is 0 Å². The van der Waals surface area contributed by atoms with Crippen LogP contribution in [0.25, 0.3) is 122 Å². The third-order valence-electron chi connectivity index (χ3n) is 17.9. The fourth-order valence-corrected chi connectivity index (χ4v) is 13.0. The molecule has 0 radical (unpaired) electrons. The largest absolute Gasteiger partial charge is 0.417 e. The van der Waals surface area contributed by atoms with Gasteiger partial charge in [0, 0.05) is 32.7 Å². The van der Waals surface area contributed by atoms with E-state index in [0.717, 1.165) is 103 Å². The smallest absolute Gasteiger partial charge is 0.309 e. The van der Waals surface area contributed by atoms with Crippen LogP contribution in [0.3, 0.4) is 0 Å². The molecule has 11 aromatic carbocycles. The second-order valence-electron chi connectivity index (χ2n) is 24.7. The predicted molar refractivity (Wildman–Crippen MR) is 342 cm³/mol. The normalized spacial score (nSPS) is 13.1. The molecule has 0 aliphatic carbocycles. The van der Waals surface area contributed by atoms with Crippen LogP contribution in [0.4, 0.5) is 119 Å². The Hall–Kier alpha value is -11.9. The van der Waals surface area contributed by atoms with Crippen LogP contribution in [0.15, 0.2) is 200 Å². The number of hydrogen-bond acceptors (Lipinski definition) is 2. The fourth-order valence-electron chi connectivity index (χ4n) is 13.0. The zero-order chi connectivity index (χ0) is 78.5. The molecule has 0 atom stereocenters. The van der Waals surface area contributed by atoms with E-state index in [1.165, 1.54) is 27.3 Å². The molecule has 0 fully saturated rings. The van der Waals surface area contributed by atoms with Crippen molar-refractivity contribution in [2.24, 2.45) is 0 Å². The minimum Gasteiger partial charge on any atom is -0.309 e. The van der Waals surface area contributed by atoms with Crippen molar-refractivity contribution in [2.75, 3.05) is 0 Å². The second-order valence-corrected chi connectivity index (χ2v) is 24.7. The van der Waals surface area contributed by atoms with Gasteiger partial charge in [-0.2, -0.15) is 129 Å². The summed E-state index contributed by atoms with van der Waals surface area (Å²) < 4.78 is 396. The number of alkyl halides is 27. The minimum atomic E-state index is -5.45. The number of aromatic nitrogens is 2. The number of halogens is 27. The number of benzene rings is 11. The van der Waals surface area contributed by atoms with E-state index >= 15 is 13.2 Å². The number of nitriles is 2. The first kappa shape index (κ1) is 74.4. The molecule has 0 amide bonds. The number of nitrogens with zero attached hydrogens (tertiary/aromatic N) is 4. The first-order chi connectivity index (χ1) is 50.1. The quantitative estimate of drug-likeness (QED) is 0.142. The van der Waals surface area contributed by atoms with Crippen molar-refractivity contribution in [3.8, 4) is 90.3 Å². The Morgan fingerprint density at radius 3 is 0.685 bits per heavy atom. The van der Waals surface area contributed by atoms with Crippen molar-refractivity contribution in [3.05, 3.63) is 261 Å². The molecule has 13 rings (SSSR count). The average Bonchev–Trinajstić information content (AvgIpc) is 1.56. The average molecular weight is 1530 g/mol. The molecule has 0 aliphatic rings. The van der Waals surface area contributed by atoms with Crippen LogP contribution >= 0.6 is 0 Å². The lowest BCUT2D eigenvalue weighted by Crippen LogP contribution is -2.11. The van der Waals surface area contributed by atoms with Gasteiger partial charge in [0.05, 0.1) is 107 Å². The van der Waals surface area contributed by atoms with E-state index in [9.17, 15) is 116 Å². The van der Waals surface area contributed by atoms with Gasteiger partial charge in [-0.3, -0.25) is 0 Å². The molecule has 0 aliphatic heterocycles. The molecule has 0 saturated heterocycles. The summed E-state index contributed by atoms with van der Waals surface area (Å²) in [6.45, 7) is 0. The molecule has 31 heteroatoms. The number of hydrogen-bond donors (Lipinski definition) is 0. The van der Waals surface area contributed by atoms with Gasteiger partial charge in [0.25, 0.3) is 0 Å². The highest BCUT2D eigenvalue weighted by Gasteiger charge is 2.43. The maximum Gasteiger partial charge on any atom is 0.417 e. The van der Waals surface area contributed by atoms with E-state index in [1.807, 2.05) is 6.07 Å². The molecule has 0 unspecified atom stereocenters. The predicted octanol–water partition coefficient (Wildman–Crippen LogP) is 26.8. The molecule has 0 N–H and O–H groups in total. The van der Waals surface area contributed by atoms with Crippen LogP contribution in [0.2, 0.25) is 0 Å². The molecule has 4 nitrogen and oxygen atoms in total. The van der Waals surface area contributed by atoms with E-state index in [2.05, 4.69) is 0 Å². The zero-order valence-corrected chi connectivity index (χ0v) is 53.0. The number of rotatable bonds is 8. The van der Waals surface area contributed by atoms with E-state index in [1.54, 1.807) is 6.07 Å². The lowest BCUT2D eigenvalue weighted by molar-refractivity contribution is -0.144. The first-order valence-corrected chi connectivity index (χ1v) is 30.7. The maximum absolute atomic E-state index is 15.4. The van der Waals surface area contributed by atoms with Crippen molar-refractivity contribution in [2.45, 2.75) is 55.6 Å². The maximum atomic E-state index is 15.4. The molecule has 2 heterocycles. The summed E-state index contributed by atoms with van der Waals surface area (Å²) in [5, 5.41) is 19.4. The van der Waals surface area contributed by atoms with Gasteiger partial charge in [-0.1, -0.05) is 48.5 Å². The first-order valence-electron chi connectivity index (χ1n) is 30.7. The van der Waals surface area contributed by atoms with Crippen molar-refractivity contribution < 1.29 is 119 Å². The fraction of sp³-hybridized carbons (Fsp3) is 0.117. The van der Waals surface area contributed by atoms with Crippen molar-refractivity contribution >= 4 is 43.6 Å². The van der Waals surface area contributed by atoms with Crippen LogP contribution in [0, 0.1) is 22.7 Å². The molecule has 0 saturated carbocycles. The van der Waals surface area contributed by atoms with E-state index < -0.39 is 161 Å². The minimum absolute atomic E-state index is 0.167. The molecular weight excluding hydrogens is 1490 g/mol.